The lowest BCUT2D eigenvalue weighted by atomic mass is 10.2. The summed E-state index contributed by atoms with van der Waals surface area (Å²) in [4.78, 5) is -0.769. The van der Waals surface area contributed by atoms with Crippen molar-refractivity contribution in [2.45, 2.75) is 4.90 Å². The second-order valence-corrected chi connectivity index (χ2v) is 7.36. The van der Waals surface area contributed by atoms with E-state index in [1.54, 1.807) is 6.07 Å². The summed E-state index contributed by atoms with van der Waals surface area (Å²) in [6, 6.07) is 9.81. The summed E-state index contributed by atoms with van der Waals surface area (Å²) in [5.41, 5.74) is 0.364. The minimum absolute atomic E-state index is 0.0381. The van der Waals surface area contributed by atoms with E-state index in [1.165, 1.54) is 43.5 Å². The largest absolute Gasteiger partial charge is 0.504 e. The fourth-order valence-corrected chi connectivity index (χ4v) is 3.82. The lowest BCUT2D eigenvalue weighted by Gasteiger charge is -2.07. The smallest absolute Gasteiger partial charge is 0.218 e. The zero-order chi connectivity index (χ0) is 17.9. The van der Waals surface area contributed by atoms with Crippen LogP contribution >= 0.6 is 23.2 Å². The van der Waals surface area contributed by atoms with Gasteiger partial charge in [0.1, 0.15) is 11.0 Å². The summed E-state index contributed by atoms with van der Waals surface area (Å²) in [5.74, 6) is 0.0492. The number of aromatic hydroxyl groups is 1. The van der Waals surface area contributed by atoms with Gasteiger partial charge in [0.2, 0.25) is 9.84 Å². The van der Waals surface area contributed by atoms with Crippen LogP contribution in [0.1, 0.15) is 5.56 Å². The molecule has 8 heteroatoms. The van der Waals surface area contributed by atoms with Gasteiger partial charge >= 0.3 is 0 Å². The molecule has 2 aromatic rings. The number of hydrogen-bond acceptors (Lipinski definition) is 5. The van der Waals surface area contributed by atoms with Crippen LogP contribution in [0, 0.1) is 11.3 Å². The Morgan fingerprint density at radius 2 is 1.96 bits per heavy atom. The Hall–Kier alpha value is -2.20. The maximum Gasteiger partial charge on any atom is 0.218 e. The van der Waals surface area contributed by atoms with Gasteiger partial charge in [-0.05, 0) is 42.0 Å². The van der Waals surface area contributed by atoms with Crippen molar-refractivity contribution in [3.63, 3.8) is 0 Å². The molecule has 2 aromatic carbocycles. The van der Waals surface area contributed by atoms with Gasteiger partial charge in [-0.2, -0.15) is 5.26 Å². The molecule has 5 nitrogen and oxygen atoms in total. The van der Waals surface area contributed by atoms with Gasteiger partial charge in [0.15, 0.2) is 11.5 Å². The number of sulfone groups is 1. The highest BCUT2D eigenvalue weighted by atomic mass is 35.5. The first-order valence-corrected chi connectivity index (χ1v) is 8.72. The molecular formula is C16H11Cl2NO4S. The van der Waals surface area contributed by atoms with Crippen molar-refractivity contribution < 1.29 is 18.3 Å². The Balaban J connectivity index is 2.59. The minimum atomic E-state index is -4.15. The highest BCUT2D eigenvalue weighted by Crippen LogP contribution is 2.32. The summed E-state index contributed by atoms with van der Waals surface area (Å²) < 4.78 is 30.3. The second kappa shape index (κ2) is 7.14. The van der Waals surface area contributed by atoms with Crippen LogP contribution < -0.4 is 4.74 Å². The van der Waals surface area contributed by atoms with Crippen molar-refractivity contribution >= 4 is 39.1 Å². The van der Waals surface area contributed by atoms with Crippen molar-refractivity contribution in [2.24, 2.45) is 0 Å². The number of benzene rings is 2. The third kappa shape index (κ3) is 3.65. The van der Waals surface area contributed by atoms with Crippen LogP contribution in [0.5, 0.6) is 11.5 Å². The van der Waals surface area contributed by atoms with Gasteiger partial charge in [-0.25, -0.2) is 8.42 Å². The van der Waals surface area contributed by atoms with Crippen molar-refractivity contribution in [1.82, 2.24) is 0 Å². The van der Waals surface area contributed by atoms with Gasteiger partial charge in [-0.1, -0.05) is 29.3 Å². The maximum atomic E-state index is 12.6. The molecule has 0 aliphatic carbocycles. The Kier molecular flexibility index (Phi) is 5.40. The van der Waals surface area contributed by atoms with Crippen LogP contribution in [0.25, 0.3) is 6.08 Å². The number of nitrogens with zero attached hydrogens (tertiary/aromatic N) is 1. The van der Waals surface area contributed by atoms with E-state index in [0.717, 1.165) is 6.08 Å². The number of methoxy groups -OCH3 is 1. The number of allylic oxidation sites excluding steroid dienone is 1. The molecule has 24 heavy (non-hydrogen) atoms. The van der Waals surface area contributed by atoms with E-state index in [-0.39, 0.29) is 26.4 Å². The van der Waals surface area contributed by atoms with Gasteiger partial charge in [-0.3, -0.25) is 0 Å². The molecule has 0 atom stereocenters. The molecule has 0 aliphatic heterocycles. The van der Waals surface area contributed by atoms with Crippen molar-refractivity contribution in [3.8, 4) is 17.6 Å². The maximum absolute atomic E-state index is 12.6. The Morgan fingerprint density at radius 3 is 2.58 bits per heavy atom. The fourth-order valence-electron chi connectivity index (χ4n) is 1.91. The molecule has 0 unspecified atom stereocenters. The second-order valence-electron chi connectivity index (χ2n) is 4.63. The van der Waals surface area contributed by atoms with Gasteiger partial charge in [0.05, 0.1) is 17.0 Å². The predicted octanol–water partition coefficient (Wildman–Crippen LogP) is 4.05. The van der Waals surface area contributed by atoms with Crippen LogP contribution in [0.2, 0.25) is 10.0 Å². The molecule has 2 rings (SSSR count). The van der Waals surface area contributed by atoms with Gasteiger partial charge in [0, 0.05) is 5.02 Å². The van der Waals surface area contributed by atoms with Crippen LogP contribution in [-0.2, 0) is 9.84 Å². The minimum Gasteiger partial charge on any atom is -0.504 e. The number of halogens is 2. The zero-order valence-electron chi connectivity index (χ0n) is 12.3. The monoisotopic (exact) mass is 383 g/mol. The molecule has 124 valence electrons. The average molecular weight is 384 g/mol. The zero-order valence-corrected chi connectivity index (χ0v) is 14.7. The first kappa shape index (κ1) is 18.1. The number of hydrogen-bond donors (Lipinski definition) is 1. The molecule has 0 amide bonds. The van der Waals surface area contributed by atoms with Crippen LogP contribution in [0.3, 0.4) is 0 Å². The van der Waals surface area contributed by atoms with E-state index >= 15 is 0 Å². The summed E-state index contributed by atoms with van der Waals surface area (Å²) >= 11 is 11.7. The van der Waals surface area contributed by atoms with E-state index in [4.69, 9.17) is 27.9 Å². The van der Waals surface area contributed by atoms with Crippen LogP contribution in [0.4, 0.5) is 0 Å². The van der Waals surface area contributed by atoms with E-state index in [2.05, 4.69) is 0 Å². The van der Waals surface area contributed by atoms with Crippen molar-refractivity contribution in [3.05, 3.63) is 56.9 Å². The summed E-state index contributed by atoms with van der Waals surface area (Å²) in [5, 5.41) is 19.0. The molecule has 0 saturated carbocycles. The molecule has 0 spiro atoms. The first-order chi connectivity index (χ1) is 11.3. The van der Waals surface area contributed by atoms with Gasteiger partial charge in [-0.15, -0.1) is 0 Å². The van der Waals surface area contributed by atoms with Gasteiger partial charge in [0.25, 0.3) is 0 Å². The molecular weight excluding hydrogens is 373 g/mol. The van der Waals surface area contributed by atoms with E-state index < -0.39 is 14.7 Å². The SMILES string of the molecule is COc1cc(/C=C(\C#N)S(=O)(=O)c2cc(Cl)ccc2Cl)ccc1O. The first-order valence-electron chi connectivity index (χ1n) is 6.48. The summed E-state index contributed by atoms with van der Waals surface area (Å²) in [7, 11) is -2.79. The predicted molar refractivity (Wildman–Crippen MR) is 91.9 cm³/mol. The molecule has 0 aromatic heterocycles. The number of rotatable bonds is 4. The molecule has 0 fully saturated rings. The average Bonchev–Trinajstić information content (AvgIpc) is 2.55. The number of phenols is 1. The molecule has 0 radical (unpaired) electrons. The normalized spacial score (nSPS) is 11.8. The molecule has 1 N–H and O–H groups in total. The lowest BCUT2D eigenvalue weighted by Crippen LogP contribution is -2.04. The fraction of sp³-hybridized carbons (Fsp3) is 0.0625. The summed E-state index contributed by atoms with van der Waals surface area (Å²) in [6.45, 7) is 0. The number of phenolic OH excluding ortho intramolecular Hbond substituents is 1. The quantitative estimate of drug-likeness (QED) is 0.804. The Morgan fingerprint density at radius 1 is 1.25 bits per heavy atom. The number of ether oxygens (including phenoxy) is 1. The van der Waals surface area contributed by atoms with Crippen LogP contribution in [0.15, 0.2) is 46.2 Å². The van der Waals surface area contributed by atoms with E-state index in [1.807, 2.05) is 0 Å². The third-order valence-corrected chi connectivity index (χ3v) is 5.47. The molecule has 0 heterocycles. The highest BCUT2D eigenvalue weighted by Gasteiger charge is 2.24. The molecule has 0 bridgehead atoms. The van der Waals surface area contributed by atoms with Gasteiger partial charge < -0.3 is 9.84 Å². The van der Waals surface area contributed by atoms with E-state index in [9.17, 15) is 18.8 Å². The highest BCUT2D eigenvalue weighted by molar-refractivity contribution is 7.95. The standard InChI is InChI=1S/C16H11Cl2NO4S/c1-23-15-7-10(2-5-14(15)20)6-12(9-19)24(21,22)16-8-11(17)3-4-13(16)18/h2-8,20H,1H3/b12-6+. The Labute approximate surface area is 149 Å². The van der Waals surface area contributed by atoms with E-state index in [0.29, 0.717) is 5.56 Å². The number of nitriles is 1. The van der Waals surface area contributed by atoms with Crippen molar-refractivity contribution in [2.75, 3.05) is 7.11 Å². The topological polar surface area (TPSA) is 87.4 Å². The summed E-state index contributed by atoms with van der Waals surface area (Å²) in [6.07, 6.45) is 1.16. The third-order valence-electron chi connectivity index (χ3n) is 3.08. The lowest BCUT2D eigenvalue weighted by molar-refractivity contribution is 0.373. The van der Waals surface area contributed by atoms with Crippen LogP contribution in [-0.4, -0.2) is 20.6 Å². The Bertz CT molecular complexity index is 963. The molecule has 0 aliphatic rings. The molecule has 0 saturated heterocycles. The van der Waals surface area contributed by atoms with Crippen molar-refractivity contribution in [1.29, 1.82) is 5.26 Å².